The van der Waals surface area contributed by atoms with Gasteiger partial charge in [-0.15, -0.1) is 0 Å². The lowest BCUT2D eigenvalue weighted by molar-refractivity contribution is -0.240. The third kappa shape index (κ3) is 2.04. The number of carboxylic acids is 1. The topological polar surface area (TPSA) is 46.5 Å². The van der Waals surface area contributed by atoms with Crippen molar-refractivity contribution in [3.8, 4) is 5.75 Å². The maximum absolute atomic E-state index is 13.8. The van der Waals surface area contributed by atoms with Crippen molar-refractivity contribution in [1.29, 1.82) is 0 Å². The van der Waals surface area contributed by atoms with Crippen LogP contribution in [-0.2, 0) is 10.5 Å². The number of para-hydroxylation sites is 1. The molecule has 1 aromatic carbocycles. The zero-order chi connectivity index (χ0) is 13.3. The number of benzene rings is 1. The first-order valence-electron chi connectivity index (χ1n) is 4.37. The summed E-state index contributed by atoms with van der Waals surface area (Å²) in [5.41, 5.74) is -5.57. The van der Waals surface area contributed by atoms with Crippen LogP contribution in [0.15, 0.2) is 24.3 Å². The lowest BCUT2D eigenvalue weighted by Crippen LogP contribution is -2.45. The van der Waals surface area contributed by atoms with Gasteiger partial charge in [0.25, 0.3) is 0 Å². The van der Waals surface area contributed by atoms with Crippen LogP contribution in [0.2, 0.25) is 0 Å². The maximum atomic E-state index is 13.8. The molecular formula is C10H8F4O3. The average Bonchev–Trinajstić information content (AvgIpc) is 2.26. The van der Waals surface area contributed by atoms with Crippen molar-refractivity contribution in [1.82, 2.24) is 0 Å². The molecule has 0 aromatic heterocycles. The zero-order valence-electron chi connectivity index (χ0n) is 8.58. The molecule has 1 unspecified atom stereocenters. The number of alkyl halides is 4. The Morgan fingerprint density at radius 2 is 1.76 bits per heavy atom. The fourth-order valence-electron chi connectivity index (χ4n) is 1.32. The number of aliphatic carboxylic acids is 1. The molecule has 94 valence electrons. The van der Waals surface area contributed by atoms with Gasteiger partial charge in [-0.2, -0.15) is 13.2 Å². The van der Waals surface area contributed by atoms with E-state index in [0.717, 1.165) is 25.3 Å². The Kier molecular flexibility index (Phi) is 3.30. The van der Waals surface area contributed by atoms with Gasteiger partial charge in [-0.3, -0.25) is 0 Å². The fourth-order valence-corrected chi connectivity index (χ4v) is 1.32. The Bertz CT molecular complexity index is 430. The molecule has 0 aliphatic rings. The van der Waals surface area contributed by atoms with Crippen molar-refractivity contribution in [2.24, 2.45) is 0 Å². The molecule has 0 amide bonds. The van der Waals surface area contributed by atoms with Crippen molar-refractivity contribution < 1.29 is 32.2 Å². The average molecular weight is 252 g/mol. The molecule has 0 fully saturated rings. The molecule has 17 heavy (non-hydrogen) atoms. The van der Waals surface area contributed by atoms with Crippen LogP contribution in [0.3, 0.4) is 0 Å². The standard InChI is InChI=1S/C10H8F4O3/c1-17-7-5-3-2-4-6(7)9(11,8(15)16)10(12,13)14/h2-5H,1H3,(H,15,16). The van der Waals surface area contributed by atoms with Crippen LogP contribution < -0.4 is 4.74 Å². The van der Waals surface area contributed by atoms with Gasteiger partial charge in [0.2, 0.25) is 0 Å². The quantitative estimate of drug-likeness (QED) is 0.841. The number of methoxy groups -OCH3 is 1. The van der Waals surface area contributed by atoms with E-state index in [-0.39, 0.29) is 0 Å². The Balaban J connectivity index is 3.49. The van der Waals surface area contributed by atoms with Crippen molar-refractivity contribution in [2.45, 2.75) is 11.8 Å². The van der Waals surface area contributed by atoms with Gasteiger partial charge in [0.05, 0.1) is 12.7 Å². The number of carboxylic acid groups (broad SMARTS) is 1. The number of halogens is 4. The van der Waals surface area contributed by atoms with Crippen LogP contribution in [0.5, 0.6) is 5.75 Å². The summed E-state index contributed by atoms with van der Waals surface area (Å²) >= 11 is 0. The van der Waals surface area contributed by atoms with Crippen LogP contribution in [-0.4, -0.2) is 24.4 Å². The molecule has 0 bridgehead atoms. The van der Waals surface area contributed by atoms with E-state index in [1.807, 2.05) is 0 Å². The second-order valence-corrected chi connectivity index (χ2v) is 3.16. The predicted molar refractivity (Wildman–Crippen MR) is 49.5 cm³/mol. The Morgan fingerprint density at radius 1 is 1.24 bits per heavy atom. The van der Waals surface area contributed by atoms with Crippen LogP contribution in [0.25, 0.3) is 0 Å². The van der Waals surface area contributed by atoms with Gasteiger partial charge in [0, 0.05) is 0 Å². The number of hydrogen-bond donors (Lipinski definition) is 1. The smallest absolute Gasteiger partial charge is 0.438 e. The molecule has 0 saturated carbocycles. The molecule has 1 N–H and O–H groups in total. The molecule has 0 radical (unpaired) electrons. The van der Waals surface area contributed by atoms with Crippen molar-refractivity contribution in [3.63, 3.8) is 0 Å². The Hall–Kier alpha value is -1.79. The number of hydrogen-bond acceptors (Lipinski definition) is 2. The van der Waals surface area contributed by atoms with E-state index in [9.17, 15) is 22.4 Å². The number of ether oxygens (including phenoxy) is 1. The molecule has 0 saturated heterocycles. The highest BCUT2D eigenvalue weighted by Gasteiger charge is 2.64. The van der Waals surface area contributed by atoms with E-state index in [1.54, 1.807) is 0 Å². The van der Waals surface area contributed by atoms with E-state index in [4.69, 9.17) is 5.11 Å². The highest BCUT2D eigenvalue weighted by Crippen LogP contribution is 2.45. The van der Waals surface area contributed by atoms with E-state index in [1.165, 1.54) is 6.07 Å². The maximum Gasteiger partial charge on any atom is 0.438 e. The van der Waals surface area contributed by atoms with Crippen LogP contribution in [0.1, 0.15) is 5.56 Å². The molecule has 0 heterocycles. The van der Waals surface area contributed by atoms with E-state index < -0.39 is 29.1 Å². The van der Waals surface area contributed by atoms with Crippen molar-refractivity contribution >= 4 is 5.97 Å². The lowest BCUT2D eigenvalue weighted by Gasteiger charge is -2.25. The minimum Gasteiger partial charge on any atom is -0.496 e. The number of rotatable bonds is 3. The molecule has 0 aliphatic carbocycles. The van der Waals surface area contributed by atoms with Gasteiger partial charge < -0.3 is 9.84 Å². The summed E-state index contributed by atoms with van der Waals surface area (Å²) in [5.74, 6) is -3.11. The zero-order valence-corrected chi connectivity index (χ0v) is 8.58. The summed E-state index contributed by atoms with van der Waals surface area (Å²) in [4.78, 5) is 10.6. The van der Waals surface area contributed by atoms with Gasteiger partial charge in [0.1, 0.15) is 5.75 Å². The molecule has 3 nitrogen and oxygen atoms in total. The van der Waals surface area contributed by atoms with Gasteiger partial charge >= 0.3 is 17.8 Å². The van der Waals surface area contributed by atoms with E-state index >= 15 is 0 Å². The molecule has 1 atom stereocenters. The first kappa shape index (κ1) is 13.3. The van der Waals surface area contributed by atoms with Gasteiger partial charge in [0.15, 0.2) is 0 Å². The summed E-state index contributed by atoms with van der Waals surface area (Å²) in [6, 6.07) is 4.18. The summed E-state index contributed by atoms with van der Waals surface area (Å²) in [7, 11) is 1.03. The first-order chi connectivity index (χ1) is 7.75. The fraction of sp³-hybridized carbons (Fsp3) is 0.300. The molecule has 0 spiro atoms. The molecule has 7 heteroatoms. The minimum absolute atomic E-state index is 0.477. The third-order valence-corrected chi connectivity index (χ3v) is 2.16. The van der Waals surface area contributed by atoms with Gasteiger partial charge in [-0.1, -0.05) is 18.2 Å². The summed E-state index contributed by atoms with van der Waals surface area (Å²) in [5, 5.41) is 8.49. The van der Waals surface area contributed by atoms with Gasteiger partial charge in [-0.25, -0.2) is 9.18 Å². The first-order valence-corrected chi connectivity index (χ1v) is 4.37. The van der Waals surface area contributed by atoms with E-state index in [0.29, 0.717) is 0 Å². The molecule has 1 aromatic rings. The van der Waals surface area contributed by atoms with E-state index in [2.05, 4.69) is 4.74 Å². The predicted octanol–water partition coefficient (Wildman–Crippen LogP) is 2.51. The van der Waals surface area contributed by atoms with Crippen molar-refractivity contribution in [3.05, 3.63) is 29.8 Å². The summed E-state index contributed by atoms with van der Waals surface area (Å²) in [6.07, 6.45) is -5.58. The number of carbonyl (C=O) groups is 1. The highest BCUT2D eigenvalue weighted by molar-refractivity contribution is 5.81. The second-order valence-electron chi connectivity index (χ2n) is 3.16. The molecular weight excluding hydrogens is 244 g/mol. The van der Waals surface area contributed by atoms with Crippen LogP contribution in [0.4, 0.5) is 17.6 Å². The highest BCUT2D eigenvalue weighted by atomic mass is 19.4. The largest absolute Gasteiger partial charge is 0.496 e. The molecule has 0 aliphatic heterocycles. The lowest BCUT2D eigenvalue weighted by atomic mass is 9.94. The molecule has 1 rings (SSSR count). The minimum atomic E-state index is -5.58. The monoisotopic (exact) mass is 252 g/mol. The summed E-state index contributed by atoms with van der Waals surface area (Å²) in [6.45, 7) is 0. The SMILES string of the molecule is COc1ccccc1C(F)(C(=O)O)C(F)(F)F. The van der Waals surface area contributed by atoms with Crippen LogP contribution >= 0.6 is 0 Å². The third-order valence-electron chi connectivity index (χ3n) is 2.16. The Morgan fingerprint density at radius 3 is 2.18 bits per heavy atom. The summed E-state index contributed by atoms with van der Waals surface area (Å²) < 4.78 is 56.0. The second kappa shape index (κ2) is 4.23. The Labute approximate surface area is 93.6 Å². The van der Waals surface area contributed by atoms with Crippen molar-refractivity contribution in [2.75, 3.05) is 7.11 Å². The van der Waals surface area contributed by atoms with Gasteiger partial charge in [-0.05, 0) is 6.07 Å². The normalized spacial score (nSPS) is 15.1. The van der Waals surface area contributed by atoms with Crippen LogP contribution in [0, 0.1) is 0 Å².